The predicted molar refractivity (Wildman–Crippen MR) is 112 cm³/mol. The molecule has 30 heavy (non-hydrogen) atoms. The molecule has 0 N–H and O–H groups in total. The molecule has 2 fully saturated rings. The van der Waals surface area contributed by atoms with E-state index in [-0.39, 0.29) is 23.1 Å². The van der Waals surface area contributed by atoms with E-state index in [2.05, 4.69) is 10.3 Å². The number of halogens is 1. The number of amides is 2. The van der Waals surface area contributed by atoms with Crippen molar-refractivity contribution in [2.75, 3.05) is 20.1 Å². The summed E-state index contributed by atoms with van der Waals surface area (Å²) in [6, 6.07) is 7.44. The largest absolute Gasteiger partial charge is 0.339 e. The van der Waals surface area contributed by atoms with Gasteiger partial charge < -0.3 is 9.80 Å². The van der Waals surface area contributed by atoms with Crippen LogP contribution in [0.3, 0.4) is 0 Å². The predicted octanol–water partition coefficient (Wildman–Crippen LogP) is 3.33. The monoisotopic (exact) mass is 428 g/mol. The summed E-state index contributed by atoms with van der Waals surface area (Å²) in [5, 5.41) is 8.24. The van der Waals surface area contributed by atoms with Gasteiger partial charge in [-0.05, 0) is 49.3 Å². The molecule has 1 aromatic heterocycles. The van der Waals surface area contributed by atoms with Crippen molar-refractivity contribution in [3.63, 3.8) is 0 Å². The summed E-state index contributed by atoms with van der Waals surface area (Å²) in [4.78, 5) is 29.0. The molecule has 0 unspecified atom stereocenters. The molecule has 2 aromatic rings. The second-order valence-corrected chi connectivity index (χ2v) is 8.70. The van der Waals surface area contributed by atoms with E-state index in [4.69, 9.17) is 16.2 Å². The standard InChI is InChI=1S/C22H25ClN4O3/c1-15-19(25-30-24-15)14-26(2)21(29)17-13-22(17)9-11-27(12-10-22)20(28)8-7-16-5-3-4-6-18(16)23/h3-8,17H,9-14H2,1-2H3/b8-7+/t17-/m1/s1. The Morgan fingerprint density at radius 1 is 1.30 bits per heavy atom. The van der Waals surface area contributed by atoms with Crippen LogP contribution in [0.25, 0.3) is 6.08 Å². The number of nitrogens with zero attached hydrogens (tertiary/aromatic N) is 4. The fourth-order valence-corrected chi connectivity index (χ4v) is 4.46. The summed E-state index contributed by atoms with van der Waals surface area (Å²) in [5.41, 5.74) is 2.25. The fourth-order valence-electron chi connectivity index (χ4n) is 4.26. The zero-order valence-electron chi connectivity index (χ0n) is 17.2. The summed E-state index contributed by atoms with van der Waals surface area (Å²) in [6.07, 6.45) is 5.94. The van der Waals surface area contributed by atoms with Crippen molar-refractivity contribution in [1.29, 1.82) is 0 Å². The molecule has 1 aliphatic heterocycles. The highest BCUT2D eigenvalue weighted by Gasteiger charge is 2.59. The summed E-state index contributed by atoms with van der Waals surface area (Å²) in [6.45, 7) is 3.56. The van der Waals surface area contributed by atoms with Crippen molar-refractivity contribution >= 4 is 29.5 Å². The molecule has 8 heteroatoms. The van der Waals surface area contributed by atoms with E-state index in [1.807, 2.05) is 30.0 Å². The summed E-state index contributed by atoms with van der Waals surface area (Å²) >= 11 is 6.14. The lowest BCUT2D eigenvalue weighted by molar-refractivity contribution is -0.133. The smallest absolute Gasteiger partial charge is 0.246 e. The lowest BCUT2D eigenvalue weighted by atomic mass is 9.90. The number of benzene rings is 1. The normalized spacial score (nSPS) is 20.0. The lowest BCUT2D eigenvalue weighted by Crippen LogP contribution is -2.40. The Kier molecular flexibility index (Phi) is 5.64. The zero-order chi connectivity index (χ0) is 21.3. The molecule has 1 atom stereocenters. The second-order valence-electron chi connectivity index (χ2n) is 8.29. The van der Waals surface area contributed by atoms with Gasteiger partial charge in [0.1, 0.15) is 11.4 Å². The van der Waals surface area contributed by atoms with Gasteiger partial charge in [0.05, 0.1) is 6.54 Å². The molecule has 0 bridgehead atoms. The number of likely N-dealkylation sites (tertiary alicyclic amines) is 1. The maximum absolute atomic E-state index is 12.9. The molecule has 1 aromatic carbocycles. The van der Waals surface area contributed by atoms with Gasteiger partial charge in [-0.3, -0.25) is 9.59 Å². The van der Waals surface area contributed by atoms with E-state index < -0.39 is 0 Å². The molecule has 0 radical (unpaired) electrons. The SMILES string of the molecule is Cc1nonc1CN(C)C(=O)[C@H]1CC12CCN(C(=O)/C=C/c1ccccc1Cl)CC2. The third-order valence-corrected chi connectivity index (χ3v) is 6.72. The van der Waals surface area contributed by atoms with Crippen LogP contribution in [0.15, 0.2) is 35.0 Å². The van der Waals surface area contributed by atoms with Gasteiger partial charge in [0.25, 0.3) is 0 Å². The van der Waals surface area contributed by atoms with Gasteiger partial charge in [-0.1, -0.05) is 40.1 Å². The fraction of sp³-hybridized carbons (Fsp3) is 0.455. The molecule has 1 spiro atoms. The molecular weight excluding hydrogens is 404 g/mol. The summed E-state index contributed by atoms with van der Waals surface area (Å²) in [5.74, 6) is 0.147. The molecule has 7 nitrogen and oxygen atoms in total. The summed E-state index contributed by atoms with van der Waals surface area (Å²) in [7, 11) is 1.79. The van der Waals surface area contributed by atoms with Crippen LogP contribution in [-0.4, -0.2) is 52.1 Å². The minimum absolute atomic E-state index is 0.0144. The molecule has 2 amide bonds. The zero-order valence-corrected chi connectivity index (χ0v) is 17.9. The van der Waals surface area contributed by atoms with Crippen molar-refractivity contribution in [3.8, 4) is 0 Å². The highest BCUT2D eigenvalue weighted by molar-refractivity contribution is 6.32. The number of carbonyl (C=O) groups excluding carboxylic acids is 2. The Morgan fingerprint density at radius 3 is 2.70 bits per heavy atom. The molecule has 2 aliphatic rings. The maximum atomic E-state index is 12.9. The molecule has 1 aliphatic carbocycles. The molecule has 1 saturated carbocycles. The number of carbonyl (C=O) groups is 2. The van der Waals surface area contributed by atoms with Crippen LogP contribution in [0.2, 0.25) is 5.02 Å². The number of piperidine rings is 1. The highest BCUT2D eigenvalue weighted by Crippen LogP contribution is 2.60. The van der Waals surface area contributed by atoms with E-state index >= 15 is 0 Å². The Hall–Kier alpha value is -2.67. The average Bonchev–Trinajstić information content (AvgIpc) is 3.29. The third-order valence-electron chi connectivity index (χ3n) is 6.38. The van der Waals surface area contributed by atoms with Gasteiger partial charge >= 0.3 is 0 Å². The van der Waals surface area contributed by atoms with Crippen LogP contribution in [-0.2, 0) is 16.1 Å². The highest BCUT2D eigenvalue weighted by atomic mass is 35.5. The Balaban J connectivity index is 1.29. The van der Waals surface area contributed by atoms with Crippen molar-refractivity contribution in [1.82, 2.24) is 20.1 Å². The number of hydrogen-bond donors (Lipinski definition) is 0. The molecule has 1 saturated heterocycles. The average molecular weight is 429 g/mol. The number of rotatable bonds is 5. The van der Waals surface area contributed by atoms with Gasteiger partial charge in [-0.2, -0.15) is 0 Å². The summed E-state index contributed by atoms with van der Waals surface area (Å²) < 4.78 is 4.71. The third kappa shape index (κ3) is 4.12. The van der Waals surface area contributed by atoms with E-state index in [1.54, 1.807) is 30.2 Å². The molecule has 158 valence electrons. The Labute approximate surface area is 180 Å². The first-order valence-electron chi connectivity index (χ1n) is 10.1. The molecule has 4 rings (SSSR count). The first-order chi connectivity index (χ1) is 14.4. The van der Waals surface area contributed by atoms with E-state index in [1.165, 1.54) is 0 Å². The lowest BCUT2D eigenvalue weighted by Gasteiger charge is -2.32. The Bertz CT molecular complexity index is 978. The maximum Gasteiger partial charge on any atom is 0.246 e. The van der Waals surface area contributed by atoms with Crippen LogP contribution in [0.4, 0.5) is 0 Å². The van der Waals surface area contributed by atoms with Gasteiger partial charge in [-0.25, -0.2) is 4.63 Å². The number of aromatic nitrogens is 2. The van der Waals surface area contributed by atoms with E-state index in [9.17, 15) is 9.59 Å². The number of hydrogen-bond acceptors (Lipinski definition) is 5. The quantitative estimate of drug-likeness (QED) is 0.682. The van der Waals surface area contributed by atoms with Crippen molar-refractivity contribution < 1.29 is 14.2 Å². The van der Waals surface area contributed by atoms with Crippen LogP contribution >= 0.6 is 11.6 Å². The van der Waals surface area contributed by atoms with Crippen molar-refractivity contribution in [2.45, 2.75) is 32.7 Å². The molecule has 2 heterocycles. The van der Waals surface area contributed by atoms with Gasteiger partial charge in [0.15, 0.2) is 0 Å². The first-order valence-corrected chi connectivity index (χ1v) is 10.5. The van der Waals surface area contributed by atoms with Crippen LogP contribution in [0.5, 0.6) is 0 Å². The van der Waals surface area contributed by atoms with Gasteiger partial charge in [0.2, 0.25) is 11.8 Å². The number of aryl methyl sites for hydroxylation is 1. The van der Waals surface area contributed by atoms with Gasteiger partial charge in [-0.15, -0.1) is 0 Å². The van der Waals surface area contributed by atoms with E-state index in [0.717, 1.165) is 24.8 Å². The van der Waals surface area contributed by atoms with E-state index in [0.29, 0.717) is 36.0 Å². The minimum atomic E-state index is -0.0144. The van der Waals surface area contributed by atoms with Crippen LogP contribution in [0.1, 0.15) is 36.2 Å². The minimum Gasteiger partial charge on any atom is -0.339 e. The molecular formula is C22H25ClN4O3. The first kappa shape index (κ1) is 20.6. The van der Waals surface area contributed by atoms with Crippen LogP contribution in [0, 0.1) is 18.3 Å². The van der Waals surface area contributed by atoms with Crippen molar-refractivity contribution in [2.24, 2.45) is 11.3 Å². The topological polar surface area (TPSA) is 79.5 Å². The van der Waals surface area contributed by atoms with Crippen LogP contribution < -0.4 is 0 Å². The van der Waals surface area contributed by atoms with Gasteiger partial charge in [0, 0.05) is 37.2 Å². The van der Waals surface area contributed by atoms with Crippen molar-refractivity contribution in [3.05, 3.63) is 52.3 Å². The second kappa shape index (κ2) is 8.22. The Morgan fingerprint density at radius 2 is 2.03 bits per heavy atom.